The summed E-state index contributed by atoms with van der Waals surface area (Å²) in [7, 11) is 0. The van der Waals surface area contributed by atoms with Crippen molar-refractivity contribution in [3.63, 3.8) is 0 Å². The van der Waals surface area contributed by atoms with Crippen molar-refractivity contribution in [3.05, 3.63) is 41.5 Å². The average Bonchev–Trinajstić information content (AvgIpc) is 2.26. The molecule has 3 heteroatoms. The lowest BCUT2D eigenvalue weighted by atomic mass is 10.2. The molecule has 0 atom stereocenters. The monoisotopic (exact) mass is 225 g/mol. The normalized spacial score (nSPS) is 11.2. The number of halogens is 2. The molecule has 0 amide bonds. The standard InChI is InChI=1S/C13H17F2N/c1-2-8-16-9-4-3-5-11-6-7-12(14)10-13(11)15/h3,5-7,10,16H,2,4,8-9H2,1H3. The smallest absolute Gasteiger partial charge is 0.133 e. The summed E-state index contributed by atoms with van der Waals surface area (Å²) in [4.78, 5) is 0. The third-order valence-electron chi connectivity index (χ3n) is 2.17. The largest absolute Gasteiger partial charge is 0.316 e. The Morgan fingerprint density at radius 2 is 2.06 bits per heavy atom. The molecule has 1 aromatic rings. The molecule has 0 heterocycles. The summed E-state index contributed by atoms with van der Waals surface area (Å²) < 4.78 is 25.8. The van der Waals surface area contributed by atoms with Crippen molar-refractivity contribution in [3.8, 4) is 0 Å². The van der Waals surface area contributed by atoms with Gasteiger partial charge in [-0.15, -0.1) is 0 Å². The van der Waals surface area contributed by atoms with Crippen molar-refractivity contribution in [2.45, 2.75) is 19.8 Å². The molecule has 88 valence electrons. The van der Waals surface area contributed by atoms with Gasteiger partial charge in [-0.2, -0.15) is 0 Å². The summed E-state index contributed by atoms with van der Waals surface area (Å²) in [6.45, 7) is 3.99. The Morgan fingerprint density at radius 1 is 1.25 bits per heavy atom. The SMILES string of the molecule is CCCNCCC=Cc1ccc(F)cc1F. The number of hydrogen-bond acceptors (Lipinski definition) is 1. The van der Waals surface area contributed by atoms with Gasteiger partial charge in [-0.3, -0.25) is 0 Å². The molecular weight excluding hydrogens is 208 g/mol. The van der Waals surface area contributed by atoms with Crippen LogP contribution in [-0.4, -0.2) is 13.1 Å². The molecule has 0 radical (unpaired) electrons. The first-order valence-corrected chi connectivity index (χ1v) is 5.56. The fourth-order valence-electron chi connectivity index (χ4n) is 1.33. The number of benzene rings is 1. The highest BCUT2D eigenvalue weighted by molar-refractivity contribution is 5.49. The highest BCUT2D eigenvalue weighted by Crippen LogP contribution is 2.11. The number of rotatable bonds is 6. The highest BCUT2D eigenvalue weighted by Gasteiger charge is 1.99. The van der Waals surface area contributed by atoms with Crippen molar-refractivity contribution in [2.24, 2.45) is 0 Å². The lowest BCUT2D eigenvalue weighted by Crippen LogP contribution is -2.14. The van der Waals surface area contributed by atoms with Crippen LogP contribution in [0.5, 0.6) is 0 Å². The van der Waals surface area contributed by atoms with E-state index in [2.05, 4.69) is 12.2 Å². The van der Waals surface area contributed by atoms with Crippen molar-refractivity contribution in [1.82, 2.24) is 5.32 Å². The lowest BCUT2D eigenvalue weighted by Gasteiger charge is -1.99. The minimum Gasteiger partial charge on any atom is -0.316 e. The van der Waals surface area contributed by atoms with Gasteiger partial charge in [-0.1, -0.05) is 19.1 Å². The number of nitrogens with one attached hydrogen (secondary N) is 1. The fraction of sp³-hybridized carbons (Fsp3) is 0.385. The van der Waals surface area contributed by atoms with Crippen LogP contribution in [0.2, 0.25) is 0 Å². The van der Waals surface area contributed by atoms with E-state index in [4.69, 9.17) is 0 Å². The minimum atomic E-state index is -0.542. The molecule has 0 aromatic heterocycles. The van der Waals surface area contributed by atoms with Crippen molar-refractivity contribution < 1.29 is 8.78 Å². The number of hydrogen-bond donors (Lipinski definition) is 1. The maximum absolute atomic E-state index is 13.2. The van der Waals surface area contributed by atoms with E-state index in [1.807, 2.05) is 6.08 Å². The van der Waals surface area contributed by atoms with Crippen LogP contribution in [-0.2, 0) is 0 Å². The summed E-state index contributed by atoms with van der Waals surface area (Å²) in [6.07, 6.45) is 5.52. The first-order chi connectivity index (χ1) is 7.74. The molecular formula is C13H17F2N. The molecule has 0 fully saturated rings. The van der Waals surface area contributed by atoms with E-state index >= 15 is 0 Å². The Kier molecular flexibility index (Phi) is 5.72. The zero-order chi connectivity index (χ0) is 11.8. The van der Waals surface area contributed by atoms with Gasteiger partial charge in [0.25, 0.3) is 0 Å². The molecule has 1 nitrogen and oxygen atoms in total. The van der Waals surface area contributed by atoms with Gasteiger partial charge in [0.15, 0.2) is 0 Å². The zero-order valence-corrected chi connectivity index (χ0v) is 9.47. The van der Waals surface area contributed by atoms with Gasteiger partial charge in [0.1, 0.15) is 11.6 Å². The molecule has 16 heavy (non-hydrogen) atoms. The summed E-state index contributed by atoms with van der Waals surface area (Å²) in [6, 6.07) is 3.60. The van der Waals surface area contributed by atoms with Crippen LogP contribution in [0.3, 0.4) is 0 Å². The molecule has 0 aliphatic carbocycles. The van der Waals surface area contributed by atoms with Crippen LogP contribution in [0.15, 0.2) is 24.3 Å². The summed E-state index contributed by atoms with van der Waals surface area (Å²) in [5.41, 5.74) is 0.428. The third-order valence-corrected chi connectivity index (χ3v) is 2.17. The quantitative estimate of drug-likeness (QED) is 0.732. The molecule has 0 aliphatic heterocycles. The van der Waals surface area contributed by atoms with Gasteiger partial charge >= 0.3 is 0 Å². The Balaban J connectivity index is 2.38. The Bertz CT molecular complexity index is 348. The summed E-state index contributed by atoms with van der Waals surface area (Å²) >= 11 is 0. The Hall–Kier alpha value is -1.22. The van der Waals surface area contributed by atoms with Crippen LogP contribution in [0.4, 0.5) is 8.78 Å². The van der Waals surface area contributed by atoms with Crippen LogP contribution >= 0.6 is 0 Å². The second-order valence-corrected chi connectivity index (χ2v) is 3.61. The highest BCUT2D eigenvalue weighted by atomic mass is 19.1. The van der Waals surface area contributed by atoms with E-state index < -0.39 is 11.6 Å². The van der Waals surface area contributed by atoms with Gasteiger partial charge in [0, 0.05) is 11.6 Å². The molecule has 0 saturated carbocycles. The molecule has 0 unspecified atom stereocenters. The van der Waals surface area contributed by atoms with Crippen LogP contribution < -0.4 is 5.32 Å². The first kappa shape index (κ1) is 12.8. The van der Waals surface area contributed by atoms with Gasteiger partial charge in [0.05, 0.1) is 0 Å². The van der Waals surface area contributed by atoms with Crippen LogP contribution in [0.1, 0.15) is 25.3 Å². The van der Waals surface area contributed by atoms with E-state index in [-0.39, 0.29) is 0 Å². The molecule has 1 rings (SSSR count). The summed E-state index contributed by atoms with van der Waals surface area (Å²) in [5, 5.41) is 3.24. The first-order valence-electron chi connectivity index (χ1n) is 5.56. The van der Waals surface area contributed by atoms with Gasteiger partial charge in [-0.05, 0) is 38.1 Å². The Morgan fingerprint density at radius 3 is 2.75 bits per heavy atom. The maximum Gasteiger partial charge on any atom is 0.133 e. The molecule has 0 spiro atoms. The molecule has 1 aromatic carbocycles. The topological polar surface area (TPSA) is 12.0 Å². The second kappa shape index (κ2) is 7.12. The predicted molar refractivity (Wildman–Crippen MR) is 63.2 cm³/mol. The van der Waals surface area contributed by atoms with Gasteiger partial charge < -0.3 is 5.32 Å². The minimum absolute atomic E-state index is 0.428. The van der Waals surface area contributed by atoms with Crippen molar-refractivity contribution in [1.29, 1.82) is 0 Å². The van der Waals surface area contributed by atoms with E-state index in [9.17, 15) is 8.78 Å². The predicted octanol–water partition coefficient (Wildman–Crippen LogP) is 3.37. The van der Waals surface area contributed by atoms with E-state index in [1.165, 1.54) is 12.1 Å². The van der Waals surface area contributed by atoms with Crippen molar-refractivity contribution >= 4 is 6.08 Å². The average molecular weight is 225 g/mol. The fourth-order valence-corrected chi connectivity index (χ4v) is 1.33. The molecule has 0 saturated heterocycles. The molecule has 1 N–H and O–H groups in total. The Labute approximate surface area is 95.2 Å². The maximum atomic E-state index is 13.2. The van der Waals surface area contributed by atoms with E-state index in [0.717, 1.165) is 32.0 Å². The third kappa shape index (κ3) is 4.53. The van der Waals surface area contributed by atoms with Crippen LogP contribution in [0, 0.1) is 11.6 Å². The summed E-state index contributed by atoms with van der Waals surface area (Å²) in [5.74, 6) is -1.06. The zero-order valence-electron chi connectivity index (χ0n) is 9.47. The molecule has 0 bridgehead atoms. The second-order valence-electron chi connectivity index (χ2n) is 3.61. The molecule has 0 aliphatic rings. The van der Waals surface area contributed by atoms with E-state index in [0.29, 0.717) is 5.56 Å². The van der Waals surface area contributed by atoms with Gasteiger partial charge in [-0.25, -0.2) is 8.78 Å². The van der Waals surface area contributed by atoms with Crippen LogP contribution in [0.25, 0.3) is 6.08 Å². The lowest BCUT2D eigenvalue weighted by molar-refractivity contribution is 0.581. The van der Waals surface area contributed by atoms with Crippen molar-refractivity contribution in [2.75, 3.05) is 13.1 Å². The van der Waals surface area contributed by atoms with Gasteiger partial charge in [0.2, 0.25) is 0 Å². The van der Waals surface area contributed by atoms with E-state index in [1.54, 1.807) is 6.08 Å².